The van der Waals surface area contributed by atoms with E-state index in [0.717, 1.165) is 0 Å². The van der Waals surface area contributed by atoms with Crippen LogP contribution < -0.4 is 5.32 Å². The van der Waals surface area contributed by atoms with Gasteiger partial charge in [-0.3, -0.25) is 4.79 Å². The van der Waals surface area contributed by atoms with Crippen molar-refractivity contribution in [3.63, 3.8) is 0 Å². The molecule has 3 rings (SSSR count). The number of nitrogens with zero attached hydrogens (tertiary/aromatic N) is 4. The maximum Gasteiger partial charge on any atom is 0.317 e. The fourth-order valence-electron chi connectivity index (χ4n) is 2.91. The van der Waals surface area contributed by atoms with Crippen LogP contribution in [0, 0.1) is 0 Å². The highest BCUT2D eigenvalue weighted by Gasteiger charge is 2.26. The molecule has 150 valence electrons. The Balaban J connectivity index is 1.73. The number of hydrogen-bond donors (Lipinski definition) is 1. The van der Waals surface area contributed by atoms with Gasteiger partial charge >= 0.3 is 6.03 Å². The summed E-state index contributed by atoms with van der Waals surface area (Å²) in [5.74, 6) is 0.728. The van der Waals surface area contributed by atoms with Crippen LogP contribution in [0.3, 0.4) is 0 Å². The summed E-state index contributed by atoms with van der Waals surface area (Å²) in [5.41, 5.74) is 0.813. The van der Waals surface area contributed by atoms with Gasteiger partial charge in [0.15, 0.2) is 0 Å². The number of piperazine rings is 1. The molecule has 9 heteroatoms. The molecule has 0 radical (unpaired) electrons. The van der Waals surface area contributed by atoms with Crippen molar-refractivity contribution in [3.05, 3.63) is 34.7 Å². The predicted molar refractivity (Wildman–Crippen MR) is 105 cm³/mol. The second kappa shape index (κ2) is 7.79. The molecule has 0 bridgehead atoms. The Hall–Kier alpha value is -2.61. The largest absolute Gasteiger partial charge is 0.420 e. The minimum atomic E-state index is -0.259. The fraction of sp³-hybridized carbons (Fsp3) is 0.474. The van der Waals surface area contributed by atoms with E-state index in [1.165, 1.54) is 0 Å². The van der Waals surface area contributed by atoms with Crippen LogP contribution in [0.4, 0.5) is 4.79 Å². The molecule has 1 aliphatic rings. The Kier molecular flexibility index (Phi) is 5.60. The molecule has 0 spiro atoms. The minimum Gasteiger partial charge on any atom is -0.420 e. The highest BCUT2D eigenvalue weighted by Crippen LogP contribution is 2.31. The molecule has 1 aromatic heterocycles. The number of hydrogen-bond acceptors (Lipinski definition) is 5. The normalized spacial score (nSPS) is 14.9. The molecule has 0 aliphatic carbocycles. The van der Waals surface area contributed by atoms with Crippen molar-refractivity contribution < 1.29 is 14.0 Å². The molecule has 3 amide bonds. The van der Waals surface area contributed by atoms with Crippen molar-refractivity contribution in [2.45, 2.75) is 26.2 Å². The monoisotopic (exact) mass is 405 g/mol. The molecule has 2 aromatic rings. The van der Waals surface area contributed by atoms with Gasteiger partial charge in [-0.25, -0.2) is 4.79 Å². The van der Waals surface area contributed by atoms with E-state index in [1.807, 2.05) is 20.8 Å². The summed E-state index contributed by atoms with van der Waals surface area (Å²) in [5, 5.41) is 11.1. The van der Waals surface area contributed by atoms with Crippen LogP contribution >= 0.6 is 11.6 Å². The SMILES string of the molecule is CNC(=O)N1CCN(C(=O)c2ccc(-c3nnc(C(C)(C)C)o3)c(Cl)c2)CC1. The number of halogens is 1. The highest BCUT2D eigenvalue weighted by atomic mass is 35.5. The summed E-state index contributed by atoms with van der Waals surface area (Å²) in [6.07, 6.45) is 0. The lowest BCUT2D eigenvalue weighted by Gasteiger charge is -2.34. The first-order valence-electron chi connectivity index (χ1n) is 9.10. The van der Waals surface area contributed by atoms with E-state index in [2.05, 4.69) is 15.5 Å². The van der Waals surface area contributed by atoms with Crippen molar-refractivity contribution in [3.8, 4) is 11.5 Å². The van der Waals surface area contributed by atoms with Gasteiger partial charge < -0.3 is 19.5 Å². The van der Waals surface area contributed by atoms with Gasteiger partial charge in [-0.05, 0) is 18.2 Å². The van der Waals surface area contributed by atoms with Gasteiger partial charge in [-0.15, -0.1) is 10.2 Å². The molecule has 1 fully saturated rings. The predicted octanol–water partition coefficient (Wildman–Crippen LogP) is 2.78. The number of urea groups is 1. The zero-order chi connectivity index (χ0) is 20.5. The Bertz CT molecular complexity index is 882. The van der Waals surface area contributed by atoms with Crippen molar-refractivity contribution in [2.75, 3.05) is 33.2 Å². The van der Waals surface area contributed by atoms with Gasteiger partial charge in [-0.2, -0.15) is 0 Å². The van der Waals surface area contributed by atoms with Gasteiger partial charge in [0, 0.05) is 44.2 Å². The molecule has 1 aromatic carbocycles. The Morgan fingerprint density at radius 2 is 1.75 bits per heavy atom. The number of benzene rings is 1. The number of aromatic nitrogens is 2. The van der Waals surface area contributed by atoms with Gasteiger partial charge in [-0.1, -0.05) is 32.4 Å². The van der Waals surface area contributed by atoms with E-state index < -0.39 is 0 Å². The lowest BCUT2D eigenvalue weighted by Crippen LogP contribution is -2.52. The summed E-state index contributed by atoms with van der Waals surface area (Å²) < 4.78 is 5.73. The third-order valence-corrected chi connectivity index (χ3v) is 4.89. The van der Waals surface area contributed by atoms with Crippen LogP contribution in [0.15, 0.2) is 22.6 Å². The molecule has 8 nitrogen and oxygen atoms in total. The minimum absolute atomic E-state index is 0.120. The van der Waals surface area contributed by atoms with Gasteiger partial charge in [0.25, 0.3) is 5.91 Å². The molecular formula is C19H24ClN5O3. The van der Waals surface area contributed by atoms with E-state index in [9.17, 15) is 9.59 Å². The number of amides is 3. The molecule has 1 N–H and O–H groups in total. The van der Waals surface area contributed by atoms with Crippen LogP contribution in [-0.4, -0.2) is 65.2 Å². The molecular weight excluding hydrogens is 382 g/mol. The standard InChI is InChI=1S/C19H24ClN5O3/c1-19(2,3)17-23-22-15(28-17)13-6-5-12(11-14(13)20)16(26)24-7-9-25(10-8-24)18(27)21-4/h5-6,11H,7-10H2,1-4H3,(H,21,27). The third-order valence-electron chi connectivity index (χ3n) is 4.58. The summed E-state index contributed by atoms with van der Waals surface area (Å²) in [7, 11) is 1.59. The molecule has 0 unspecified atom stereocenters. The number of rotatable bonds is 2. The van der Waals surface area contributed by atoms with Gasteiger partial charge in [0.05, 0.1) is 10.6 Å². The molecule has 0 saturated carbocycles. The smallest absolute Gasteiger partial charge is 0.317 e. The maximum absolute atomic E-state index is 12.8. The first-order valence-corrected chi connectivity index (χ1v) is 9.48. The van der Waals surface area contributed by atoms with Crippen LogP contribution in [0.2, 0.25) is 5.02 Å². The van der Waals surface area contributed by atoms with Crippen LogP contribution in [-0.2, 0) is 5.41 Å². The van der Waals surface area contributed by atoms with E-state index in [4.69, 9.17) is 16.0 Å². The summed E-state index contributed by atoms with van der Waals surface area (Å²) in [6, 6.07) is 4.91. The zero-order valence-corrected chi connectivity index (χ0v) is 17.2. The first-order chi connectivity index (χ1) is 13.2. The second-order valence-corrected chi connectivity index (χ2v) is 8.10. The zero-order valence-electron chi connectivity index (χ0n) is 16.5. The van der Waals surface area contributed by atoms with Crippen molar-refractivity contribution in [1.29, 1.82) is 0 Å². The highest BCUT2D eigenvalue weighted by molar-refractivity contribution is 6.33. The van der Waals surface area contributed by atoms with Crippen molar-refractivity contribution in [1.82, 2.24) is 25.3 Å². The van der Waals surface area contributed by atoms with E-state index >= 15 is 0 Å². The van der Waals surface area contributed by atoms with Gasteiger partial charge in [0.2, 0.25) is 11.8 Å². The van der Waals surface area contributed by atoms with E-state index in [-0.39, 0.29) is 17.4 Å². The number of nitrogens with one attached hydrogen (secondary N) is 1. The third kappa shape index (κ3) is 4.11. The Morgan fingerprint density at radius 1 is 1.11 bits per heavy atom. The molecule has 0 atom stereocenters. The fourth-order valence-corrected chi connectivity index (χ4v) is 3.17. The van der Waals surface area contributed by atoms with Crippen LogP contribution in [0.5, 0.6) is 0 Å². The molecule has 28 heavy (non-hydrogen) atoms. The lowest BCUT2D eigenvalue weighted by atomic mass is 9.97. The average molecular weight is 406 g/mol. The number of carbonyl (C=O) groups excluding carboxylic acids is 2. The lowest BCUT2D eigenvalue weighted by molar-refractivity contribution is 0.0666. The summed E-state index contributed by atoms with van der Waals surface area (Å²) >= 11 is 6.39. The first kappa shape index (κ1) is 20.1. The average Bonchev–Trinajstić information content (AvgIpc) is 3.17. The van der Waals surface area contributed by atoms with Crippen LogP contribution in [0.25, 0.3) is 11.5 Å². The maximum atomic E-state index is 12.8. The molecule has 2 heterocycles. The van der Waals surface area contributed by atoms with Crippen molar-refractivity contribution in [2.24, 2.45) is 0 Å². The topological polar surface area (TPSA) is 91.6 Å². The Morgan fingerprint density at radius 3 is 2.29 bits per heavy atom. The Labute approximate surface area is 168 Å². The second-order valence-electron chi connectivity index (χ2n) is 7.69. The van der Waals surface area contributed by atoms with E-state index in [0.29, 0.717) is 54.1 Å². The summed E-state index contributed by atoms with van der Waals surface area (Å²) in [6.45, 7) is 7.89. The van der Waals surface area contributed by atoms with E-state index in [1.54, 1.807) is 35.0 Å². The van der Waals surface area contributed by atoms with Crippen molar-refractivity contribution >= 4 is 23.5 Å². The molecule has 1 aliphatic heterocycles. The quantitative estimate of drug-likeness (QED) is 0.829. The number of carbonyl (C=O) groups is 2. The van der Waals surface area contributed by atoms with Crippen LogP contribution in [0.1, 0.15) is 37.0 Å². The molecule has 1 saturated heterocycles. The summed E-state index contributed by atoms with van der Waals surface area (Å²) in [4.78, 5) is 27.8. The van der Waals surface area contributed by atoms with Gasteiger partial charge in [0.1, 0.15) is 0 Å².